The molecule has 180 valence electrons. The second kappa shape index (κ2) is 8.16. The number of benzene rings is 1. The number of carbonyl (C=O) groups is 1. The highest BCUT2D eigenvalue weighted by molar-refractivity contribution is 5.83. The van der Waals surface area contributed by atoms with E-state index < -0.39 is 34.8 Å². The Kier molecular flexibility index (Phi) is 5.76. The molecule has 1 saturated heterocycles. The van der Waals surface area contributed by atoms with Gasteiger partial charge in [-0.2, -0.15) is 4.68 Å². The van der Waals surface area contributed by atoms with Crippen LogP contribution in [-0.4, -0.2) is 34.0 Å². The van der Waals surface area contributed by atoms with Crippen molar-refractivity contribution < 1.29 is 13.9 Å². The third kappa shape index (κ3) is 4.23. The number of carbonyl (C=O) groups excluding carboxylic acids is 1. The second-order valence-corrected chi connectivity index (χ2v) is 10.3. The zero-order chi connectivity index (χ0) is 24.2. The van der Waals surface area contributed by atoms with Crippen molar-refractivity contribution in [2.24, 2.45) is 11.8 Å². The van der Waals surface area contributed by atoms with Gasteiger partial charge in [0.05, 0.1) is 16.9 Å². The van der Waals surface area contributed by atoms with Crippen molar-refractivity contribution >= 4 is 17.0 Å². The highest BCUT2D eigenvalue weighted by Crippen LogP contribution is 2.40. The van der Waals surface area contributed by atoms with Crippen LogP contribution in [0.25, 0.3) is 10.9 Å². The van der Waals surface area contributed by atoms with Crippen LogP contribution in [0, 0.1) is 24.6 Å². The van der Waals surface area contributed by atoms with Gasteiger partial charge < -0.3 is 21.2 Å². The topological polar surface area (TPSA) is 120 Å². The molecular formula is C23H32FN5O4. The molecule has 0 radical (unpaired) electrons. The number of halogens is 1. The number of aryl methyl sites for hydroxylation is 1. The fourth-order valence-electron chi connectivity index (χ4n) is 4.84. The smallest absolute Gasteiger partial charge is 0.408 e. The van der Waals surface area contributed by atoms with Crippen LogP contribution in [0.5, 0.6) is 0 Å². The average molecular weight is 462 g/mol. The lowest BCUT2D eigenvalue weighted by Crippen LogP contribution is -2.45. The van der Waals surface area contributed by atoms with Gasteiger partial charge in [-0.05, 0) is 70.5 Å². The van der Waals surface area contributed by atoms with Crippen molar-refractivity contribution in [2.75, 3.05) is 18.9 Å². The lowest BCUT2D eigenvalue weighted by Gasteiger charge is -2.31. The maximum Gasteiger partial charge on any atom is 0.408 e. The van der Waals surface area contributed by atoms with E-state index in [1.165, 1.54) is 4.57 Å². The Morgan fingerprint density at radius 3 is 2.52 bits per heavy atom. The fraction of sp³-hybridized carbons (Fsp3) is 0.609. The van der Waals surface area contributed by atoms with Crippen LogP contribution in [0.2, 0.25) is 0 Å². The molecule has 4 N–H and O–H groups in total. The van der Waals surface area contributed by atoms with Crippen LogP contribution in [0.4, 0.5) is 9.18 Å². The van der Waals surface area contributed by atoms with Crippen molar-refractivity contribution in [3.63, 3.8) is 0 Å². The molecule has 0 bridgehead atoms. The third-order valence-electron chi connectivity index (χ3n) is 6.55. The minimum Gasteiger partial charge on any atom is -0.444 e. The van der Waals surface area contributed by atoms with Crippen LogP contribution < -0.4 is 27.7 Å². The number of rotatable bonds is 4. The van der Waals surface area contributed by atoms with Crippen LogP contribution >= 0.6 is 0 Å². The van der Waals surface area contributed by atoms with E-state index in [0.717, 1.165) is 25.5 Å². The molecule has 3 atom stereocenters. The molecule has 2 aromatic rings. The molecule has 1 amide bonds. The van der Waals surface area contributed by atoms with Gasteiger partial charge >= 0.3 is 11.8 Å². The number of aromatic nitrogens is 2. The molecule has 4 rings (SSSR count). The van der Waals surface area contributed by atoms with Gasteiger partial charge in [-0.15, -0.1) is 0 Å². The number of alkyl carbamates (subject to hydrolysis) is 1. The van der Waals surface area contributed by atoms with Gasteiger partial charge in [0.1, 0.15) is 11.4 Å². The van der Waals surface area contributed by atoms with E-state index in [4.69, 9.17) is 10.6 Å². The summed E-state index contributed by atoms with van der Waals surface area (Å²) in [6, 6.07) is 0.340. The van der Waals surface area contributed by atoms with Crippen LogP contribution in [0.15, 0.2) is 15.7 Å². The molecule has 1 aromatic heterocycles. The molecule has 0 spiro atoms. The third-order valence-corrected chi connectivity index (χ3v) is 6.55. The molecule has 2 heterocycles. The summed E-state index contributed by atoms with van der Waals surface area (Å²) in [5.41, 5.74) is -0.996. The number of nitrogens with two attached hydrogens (primary N) is 1. The first-order valence-electron chi connectivity index (χ1n) is 11.4. The van der Waals surface area contributed by atoms with Crippen LogP contribution in [-0.2, 0) is 4.74 Å². The van der Waals surface area contributed by atoms with Crippen LogP contribution in [0.3, 0.4) is 0 Å². The van der Waals surface area contributed by atoms with Crippen molar-refractivity contribution in [2.45, 2.75) is 65.1 Å². The quantitative estimate of drug-likeness (QED) is 0.600. The first-order chi connectivity index (χ1) is 15.4. The zero-order valence-corrected chi connectivity index (χ0v) is 19.7. The van der Waals surface area contributed by atoms with E-state index in [-0.39, 0.29) is 28.8 Å². The largest absolute Gasteiger partial charge is 0.444 e. The standard InChI is InChI=1S/C23H32FN5O4/c1-11-9-26-10-15(11)18(27-21(31)33-23(3,4)5)17-12(2)19-14(8-16(17)24)20(30)29(25)22(32)28(19)13-6-7-13/h8,11,13,15,18,26H,6-7,9-10,25H2,1-5H3,(H,27,31). The molecule has 3 unspecified atom stereocenters. The number of nitrogen functional groups attached to an aromatic ring is 1. The van der Waals surface area contributed by atoms with Crippen LogP contribution in [0.1, 0.15) is 63.7 Å². The first kappa shape index (κ1) is 23.3. The predicted molar refractivity (Wildman–Crippen MR) is 123 cm³/mol. The van der Waals surface area contributed by atoms with Crippen molar-refractivity contribution in [1.29, 1.82) is 0 Å². The predicted octanol–water partition coefficient (Wildman–Crippen LogP) is 2.08. The van der Waals surface area contributed by atoms with Crippen molar-refractivity contribution in [3.8, 4) is 0 Å². The molecule has 1 aliphatic heterocycles. The highest BCUT2D eigenvalue weighted by atomic mass is 19.1. The first-order valence-corrected chi connectivity index (χ1v) is 11.4. The number of nitrogens with zero attached hydrogens (tertiary/aromatic N) is 2. The molecule has 1 aliphatic carbocycles. The van der Waals surface area contributed by atoms with Gasteiger partial charge in [-0.3, -0.25) is 9.36 Å². The maximum atomic E-state index is 15.7. The normalized spacial score (nSPS) is 21.9. The molecule has 9 nitrogen and oxygen atoms in total. The monoisotopic (exact) mass is 461 g/mol. The summed E-state index contributed by atoms with van der Waals surface area (Å²) in [6.45, 7) is 10.3. The Balaban J connectivity index is 1.93. The van der Waals surface area contributed by atoms with E-state index >= 15 is 4.39 Å². The molecule has 10 heteroatoms. The minimum atomic E-state index is -0.743. The molecule has 2 aliphatic rings. The van der Waals surface area contributed by atoms with E-state index in [2.05, 4.69) is 10.6 Å². The van der Waals surface area contributed by atoms with E-state index in [9.17, 15) is 14.4 Å². The summed E-state index contributed by atoms with van der Waals surface area (Å²) in [7, 11) is 0. The number of ether oxygens (including phenoxy) is 1. The summed E-state index contributed by atoms with van der Waals surface area (Å²) in [6.07, 6.45) is 0.910. The SMILES string of the molecule is Cc1c(C(NC(=O)OC(C)(C)C)C2CNCC2C)c(F)cc2c(=O)n(N)c(=O)n(C3CC3)c12. The minimum absolute atomic E-state index is 0.0522. The average Bonchev–Trinajstić information content (AvgIpc) is 3.45. The molecular weight excluding hydrogens is 429 g/mol. The van der Waals surface area contributed by atoms with Gasteiger partial charge in [-0.1, -0.05) is 6.92 Å². The maximum absolute atomic E-state index is 15.7. The van der Waals surface area contributed by atoms with Gasteiger partial charge in [0, 0.05) is 18.2 Å². The number of hydrogen-bond acceptors (Lipinski definition) is 6. The Morgan fingerprint density at radius 2 is 1.97 bits per heavy atom. The lowest BCUT2D eigenvalue weighted by molar-refractivity contribution is 0.0480. The fourth-order valence-corrected chi connectivity index (χ4v) is 4.84. The number of nitrogens with one attached hydrogen (secondary N) is 2. The Morgan fingerprint density at radius 1 is 1.30 bits per heavy atom. The van der Waals surface area contributed by atoms with E-state index in [1.54, 1.807) is 27.7 Å². The van der Waals surface area contributed by atoms with Gasteiger partial charge in [0.15, 0.2) is 0 Å². The summed E-state index contributed by atoms with van der Waals surface area (Å²) >= 11 is 0. The number of hydrogen-bond donors (Lipinski definition) is 3. The number of amides is 1. The van der Waals surface area contributed by atoms with Gasteiger partial charge in [0.25, 0.3) is 5.56 Å². The second-order valence-electron chi connectivity index (χ2n) is 10.3. The summed E-state index contributed by atoms with van der Waals surface area (Å²) in [4.78, 5) is 38.3. The lowest BCUT2D eigenvalue weighted by atomic mass is 9.83. The molecule has 1 aromatic carbocycles. The van der Waals surface area contributed by atoms with Crippen molar-refractivity contribution in [1.82, 2.24) is 19.9 Å². The summed E-state index contributed by atoms with van der Waals surface area (Å²) < 4.78 is 23.2. The van der Waals surface area contributed by atoms with Crippen molar-refractivity contribution in [3.05, 3.63) is 43.8 Å². The molecule has 1 saturated carbocycles. The molecule has 2 fully saturated rings. The van der Waals surface area contributed by atoms with Gasteiger partial charge in [0.2, 0.25) is 0 Å². The Hall–Kier alpha value is -2.88. The van der Waals surface area contributed by atoms with Gasteiger partial charge in [-0.25, -0.2) is 14.0 Å². The van der Waals surface area contributed by atoms with E-state index in [1.807, 2.05) is 6.92 Å². The Labute approximate surface area is 191 Å². The summed E-state index contributed by atoms with van der Waals surface area (Å²) in [5, 5.41) is 6.22. The highest BCUT2D eigenvalue weighted by Gasteiger charge is 2.38. The number of fused-ring (bicyclic) bond motifs is 1. The molecule has 33 heavy (non-hydrogen) atoms. The Bertz CT molecular complexity index is 1220. The van der Waals surface area contributed by atoms with E-state index in [0.29, 0.717) is 22.3 Å². The summed E-state index contributed by atoms with van der Waals surface area (Å²) in [5.74, 6) is 5.14. The zero-order valence-electron chi connectivity index (χ0n) is 19.7.